The smallest absolute Gasteiger partial charge is 0.422 e. The molecule has 0 fully saturated rings. The monoisotopic (exact) mass is 251 g/mol. The lowest BCUT2D eigenvalue weighted by Crippen LogP contribution is -2.64. The van der Waals surface area contributed by atoms with E-state index in [0.29, 0.717) is 6.08 Å². The Morgan fingerprint density at radius 3 is 2.06 bits per heavy atom. The zero-order chi connectivity index (χ0) is 13.6. The van der Waals surface area contributed by atoms with Crippen LogP contribution in [0.3, 0.4) is 0 Å². The molecule has 5 nitrogen and oxygen atoms in total. The third-order valence-corrected chi connectivity index (χ3v) is 2.52. The van der Waals surface area contributed by atoms with E-state index < -0.39 is 29.5 Å². The lowest BCUT2D eigenvalue weighted by molar-refractivity contribution is -0.229. The van der Waals surface area contributed by atoms with E-state index >= 15 is 0 Å². The molecule has 0 radical (unpaired) electrons. The van der Waals surface area contributed by atoms with E-state index in [2.05, 4.69) is 0 Å². The molecule has 17 heavy (non-hydrogen) atoms. The summed E-state index contributed by atoms with van der Waals surface area (Å²) in [4.78, 5) is 33.1. The van der Waals surface area contributed by atoms with Crippen molar-refractivity contribution in [2.75, 3.05) is 0 Å². The number of rotatable bonds is 2. The van der Waals surface area contributed by atoms with Crippen molar-refractivity contribution in [1.82, 2.24) is 4.90 Å². The number of carbonyl (C=O) groups excluding carboxylic acids is 2. The molecular weight excluding hydrogens is 243 g/mol. The molecule has 0 saturated carbocycles. The number of carbonyl (C=O) groups is 3. The highest BCUT2D eigenvalue weighted by Gasteiger charge is 2.65. The molecule has 1 aliphatic rings. The van der Waals surface area contributed by atoms with Crippen LogP contribution in [0.25, 0.3) is 0 Å². The number of hydrogen-bond donors (Lipinski definition) is 1. The Labute approximate surface area is 93.5 Å². The normalized spacial score (nSPS) is 20.3. The minimum absolute atomic E-state index is 0.230. The van der Waals surface area contributed by atoms with Gasteiger partial charge in [-0.25, -0.2) is 9.69 Å². The zero-order valence-electron chi connectivity index (χ0n) is 8.83. The maximum Gasteiger partial charge on any atom is 0.422 e. The molecule has 0 saturated heterocycles. The fraction of sp³-hybridized carbons (Fsp3) is 0.444. The van der Waals surface area contributed by atoms with Gasteiger partial charge in [0.1, 0.15) is 0 Å². The summed E-state index contributed by atoms with van der Waals surface area (Å²) in [5.74, 6) is -4.85. The van der Waals surface area contributed by atoms with Crippen molar-refractivity contribution in [3.63, 3.8) is 0 Å². The van der Waals surface area contributed by atoms with Crippen LogP contribution in [0.15, 0.2) is 11.6 Å². The Morgan fingerprint density at radius 1 is 1.35 bits per heavy atom. The van der Waals surface area contributed by atoms with Crippen molar-refractivity contribution in [2.45, 2.75) is 25.6 Å². The molecule has 1 atom stereocenters. The number of carboxylic acids is 1. The van der Waals surface area contributed by atoms with Crippen LogP contribution in [0.5, 0.6) is 0 Å². The molecule has 0 spiro atoms. The van der Waals surface area contributed by atoms with E-state index in [1.165, 1.54) is 0 Å². The topological polar surface area (TPSA) is 74.7 Å². The van der Waals surface area contributed by atoms with Crippen molar-refractivity contribution in [3.05, 3.63) is 11.6 Å². The largest absolute Gasteiger partial charge is 0.479 e. The van der Waals surface area contributed by atoms with Crippen LogP contribution >= 0.6 is 0 Å². The molecule has 0 aromatic carbocycles. The summed E-state index contributed by atoms with van der Waals surface area (Å²) in [6, 6.07) is 0. The fourth-order valence-electron chi connectivity index (χ4n) is 1.36. The lowest BCUT2D eigenvalue weighted by Gasteiger charge is -2.34. The van der Waals surface area contributed by atoms with Gasteiger partial charge < -0.3 is 5.11 Å². The Morgan fingerprint density at radius 2 is 1.82 bits per heavy atom. The lowest BCUT2D eigenvalue weighted by atomic mass is 9.99. The second kappa shape index (κ2) is 3.57. The van der Waals surface area contributed by atoms with Gasteiger partial charge in [0.2, 0.25) is 5.54 Å². The van der Waals surface area contributed by atoms with Crippen LogP contribution in [0, 0.1) is 0 Å². The average molecular weight is 251 g/mol. The van der Waals surface area contributed by atoms with Crippen LogP contribution in [0.1, 0.15) is 13.8 Å². The maximum atomic E-state index is 12.7. The Kier molecular flexibility index (Phi) is 2.78. The first-order valence-electron chi connectivity index (χ1n) is 4.40. The summed E-state index contributed by atoms with van der Waals surface area (Å²) >= 11 is 0. The predicted molar refractivity (Wildman–Crippen MR) is 47.7 cm³/mol. The van der Waals surface area contributed by atoms with Gasteiger partial charge in [-0.15, -0.1) is 0 Å². The van der Waals surface area contributed by atoms with Gasteiger partial charge in [-0.05, 0) is 13.8 Å². The number of aliphatic carboxylic acids is 1. The van der Waals surface area contributed by atoms with Crippen molar-refractivity contribution >= 4 is 17.8 Å². The van der Waals surface area contributed by atoms with Gasteiger partial charge in [-0.1, -0.05) is 0 Å². The molecular formula is C9H8F3NO4. The second-order valence-electron chi connectivity index (χ2n) is 3.68. The van der Waals surface area contributed by atoms with Gasteiger partial charge in [0.25, 0.3) is 11.8 Å². The molecule has 1 aliphatic heterocycles. The summed E-state index contributed by atoms with van der Waals surface area (Å²) in [7, 11) is 0. The standard InChI is InChI=1S/C9H8F3NO4/c1-4-3-5(14)13(6(4)15)8(2,7(16)17)9(10,11)12/h3H,1-2H3,(H,16,17). The number of halogens is 3. The number of hydrogen-bond acceptors (Lipinski definition) is 3. The third-order valence-electron chi connectivity index (χ3n) is 2.52. The summed E-state index contributed by atoms with van der Waals surface area (Å²) < 4.78 is 38.2. The summed E-state index contributed by atoms with van der Waals surface area (Å²) in [5.41, 5.74) is -3.79. The van der Waals surface area contributed by atoms with Crippen LogP contribution in [-0.4, -0.2) is 39.5 Å². The molecule has 1 heterocycles. The van der Waals surface area contributed by atoms with E-state index in [0.717, 1.165) is 6.92 Å². The average Bonchev–Trinajstić information content (AvgIpc) is 2.38. The molecule has 0 aliphatic carbocycles. The molecule has 94 valence electrons. The second-order valence-corrected chi connectivity index (χ2v) is 3.68. The molecule has 8 heteroatoms. The molecule has 1 unspecified atom stereocenters. The first-order chi connectivity index (χ1) is 7.53. The van der Waals surface area contributed by atoms with Crippen molar-refractivity contribution in [1.29, 1.82) is 0 Å². The zero-order valence-corrected chi connectivity index (χ0v) is 8.83. The van der Waals surface area contributed by atoms with Gasteiger partial charge in [-0.3, -0.25) is 9.59 Å². The van der Waals surface area contributed by atoms with Crippen LogP contribution < -0.4 is 0 Å². The maximum absolute atomic E-state index is 12.7. The van der Waals surface area contributed by atoms with Gasteiger partial charge in [-0.2, -0.15) is 13.2 Å². The summed E-state index contributed by atoms with van der Waals surface area (Å²) in [6.07, 6.45) is -4.59. The SMILES string of the molecule is CC1=CC(=O)N(C(C)(C(=O)O)C(F)(F)F)C1=O. The van der Waals surface area contributed by atoms with E-state index in [1.807, 2.05) is 0 Å². The Hall–Kier alpha value is -1.86. The first-order valence-corrected chi connectivity index (χ1v) is 4.40. The Bertz CT molecular complexity index is 440. The minimum atomic E-state index is -5.26. The first kappa shape index (κ1) is 13.2. The number of amides is 2. The summed E-state index contributed by atoms with van der Waals surface area (Å²) in [6.45, 7) is 1.41. The molecule has 0 aromatic rings. The number of alkyl halides is 3. The van der Waals surface area contributed by atoms with E-state index in [9.17, 15) is 27.6 Å². The highest BCUT2D eigenvalue weighted by molar-refractivity contribution is 6.18. The molecule has 0 bridgehead atoms. The molecule has 2 amide bonds. The van der Waals surface area contributed by atoms with Crippen LogP contribution in [0.4, 0.5) is 13.2 Å². The fourth-order valence-corrected chi connectivity index (χ4v) is 1.36. The van der Waals surface area contributed by atoms with E-state index in [1.54, 1.807) is 0 Å². The van der Waals surface area contributed by atoms with Crippen molar-refractivity contribution in [2.24, 2.45) is 0 Å². The predicted octanol–water partition coefficient (Wildman–Crippen LogP) is 0.707. The number of carboxylic acid groups (broad SMARTS) is 1. The van der Waals surface area contributed by atoms with Gasteiger partial charge >= 0.3 is 12.1 Å². The number of nitrogens with zero attached hydrogens (tertiary/aromatic N) is 1. The summed E-state index contributed by atoms with van der Waals surface area (Å²) in [5, 5.41) is 8.66. The number of imide groups is 1. The highest BCUT2D eigenvalue weighted by Crippen LogP contribution is 2.38. The highest BCUT2D eigenvalue weighted by atomic mass is 19.4. The van der Waals surface area contributed by atoms with Gasteiger partial charge in [0.15, 0.2) is 0 Å². The van der Waals surface area contributed by atoms with E-state index in [-0.39, 0.29) is 17.4 Å². The minimum Gasteiger partial charge on any atom is -0.479 e. The van der Waals surface area contributed by atoms with Gasteiger partial charge in [0, 0.05) is 11.6 Å². The van der Waals surface area contributed by atoms with Crippen LogP contribution in [0.2, 0.25) is 0 Å². The molecule has 1 N–H and O–H groups in total. The van der Waals surface area contributed by atoms with E-state index in [4.69, 9.17) is 5.11 Å². The molecule has 1 rings (SSSR count). The Balaban J connectivity index is 3.35. The third kappa shape index (κ3) is 1.69. The van der Waals surface area contributed by atoms with Gasteiger partial charge in [0.05, 0.1) is 0 Å². The van der Waals surface area contributed by atoms with Crippen molar-refractivity contribution < 1.29 is 32.7 Å². The van der Waals surface area contributed by atoms with Crippen molar-refractivity contribution in [3.8, 4) is 0 Å². The quantitative estimate of drug-likeness (QED) is 0.733. The van der Waals surface area contributed by atoms with Crippen LogP contribution in [-0.2, 0) is 14.4 Å². The molecule has 0 aromatic heterocycles.